The van der Waals surface area contributed by atoms with Gasteiger partial charge in [-0.2, -0.15) is 0 Å². The number of nitrogens with zero attached hydrogens (tertiary/aromatic N) is 3. The van der Waals surface area contributed by atoms with Crippen LogP contribution in [-0.2, 0) is 15.9 Å². The number of benzene rings is 1. The minimum atomic E-state index is -0.434. The van der Waals surface area contributed by atoms with E-state index in [0.29, 0.717) is 24.9 Å². The normalized spacial score (nSPS) is 18.6. The number of anilines is 2. The van der Waals surface area contributed by atoms with Crippen molar-refractivity contribution >= 4 is 17.5 Å². The Morgan fingerprint density at radius 3 is 2.52 bits per heavy atom. The van der Waals surface area contributed by atoms with Crippen molar-refractivity contribution in [2.75, 3.05) is 36.5 Å². The third-order valence-corrected chi connectivity index (χ3v) is 5.12. The molecule has 4 rings (SSSR count). The van der Waals surface area contributed by atoms with E-state index < -0.39 is 5.79 Å². The van der Waals surface area contributed by atoms with Gasteiger partial charge in [0, 0.05) is 37.8 Å². The highest BCUT2D eigenvalue weighted by Gasteiger charge is 2.40. The van der Waals surface area contributed by atoms with E-state index in [9.17, 15) is 4.79 Å². The SMILES string of the molecule is CCc1ccc(NC(=O)c2ccnc(N3CCC4(CC3)OCCO4)n2)cc1. The molecule has 7 nitrogen and oxygen atoms in total. The molecule has 142 valence electrons. The van der Waals surface area contributed by atoms with E-state index in [1.807, 2.05) is 24.3 Å². The molecule has 2 aromatic rings. The van der Waals surface area contributed by atoms with Crippen molar-refractivity contribution in [3.05, 3.63) is 47.8 Å². The van der Waals surface area contributed by atoms with E-state index in [1.54, 1.807) is 12.3 Å². The molecule has 27 heavy (non-hydrogen) atoms. The van der Waals surface area contributed by atoms with E-state index in [4.69, 9.17) is 9.47 Å². The first-order chi connectivity index (χ1) is 13.2. The summed E-state index contributed by atoms with van der Waals surface area (Å²) in [5.74, 6) is -0.105. The van der Waals surface area contributed by atoms with Crippen molar-refractivity contribution < 1.29 is 14.3 Å². The minimum absolute atomic E-state index is 0.237. The van der Waals surface area contributed by atoms with E-state index in [-0.39, 0.29) is 5.91 Å². The first-order valence-corrected chi connectivity index (χ1v) is 9.44. The lowest BCUT2D eigenvalue weighted by Gasteiger charge is -2.37. The Hall–Kier alpha value is -2.51. The maximum Gasteiger partial charge on any atom is 0.274 e. The van der Waals surface area contributed by atoms with Gasteiger partial charge in [0.2, 0.25) is 5.95 Å². The summed E-state index contributed by atoms with van der Waals surface area (Å²) in [6, 6.07) is 9.47. The number of amides is 1. The van der Waals surface area contributed by atoms with E-state index >= 15 is 0 Å². The predicted octanol–water partition coefficient (Wildman–Crippen LogP) is 2.63. The highest BCUT2D eigenvalue weighted by atomic mass is 16.7. The third-order valence-electron chi connectivity index (χ3n) is 5.12. The number of ether oxygens (including phenoxy) is 2. The topological polar surface area (TPSA) is 76.6 Å². The molecule has 7 heteroatoms. The molecule has 0 unspecified atom stereocenters. The summed E-state index contributed by atoms with van der Waals surface area (Å²) in [5, 5.41) is 2.89. The molecule has 2 saturated heterocycles. The Bertz CT molecular complexity index is 793. The number of carbonyl (C=O) groups excluding carboxylic acids is 1. The quantitative estimate of drug-likeness (QED) is 0.894. The predicted molar refractivity (Wildman–Crippen MR) is 102 cm³/mol. The molecule has 0 aliphatic carbocycles. The number of piperidine rings is 1. The second kappa shape index (κ2) is 7.62. The molecule has 0 atom stereocenters. The third kappa shape index (κ3) is 3.94. The van der Waals surface area contributed by atoms with E-state index in [0.717, 1.165) is 38.0 Å². The number of carbonyl (C=O) groups is 1. The fraction of sp³-hybridized carbons (Fsp3) is 0.450. The summed E-state index contributed by atoms with van der Waals surface area (Å²) in [4.78, 5) is 23.4. The van der Waals surface area contributed by atoms with Crippen LogP contribution in [0.3, 0.4) is 0 Å². The van der Waals surface area contributed by atoms with Crippen molar-refractivity contribution in [3.8, 4) is 0 Å². The lowest BCUT2D eigenvalue weighted by atomic mass is 10.0. The van der Waals surface area contributed by atoms with Crippen LogP contribution in [0.1, 0.15) is 35.8 Å². The number of nitrogens with one attached hydrogen (secondary N) is 1. The number of rotatable bonds is 4. The first-order valence-electron chi connectivity index (χ1n) is 9.44. The summed E-state index contributed by atoms with van der Waals surface area (Å²) in [5.41, 5.74) is 2.34. The van der Waals surface area contributed by atoms with Gasteiger partial charge in [0.15, 0.2) is 5.79 Å². The molecule has 2 fully saturated rings. The molecular formula is C20H24N4O3. The molecule has 3 heterocycles. The Morgan fingerprint density at radius 2 is 1.85 bits per heavy atom. The van der Waals surface area contributed by atoms with Gasteiger partial charge in [0.05, 0.1) is 13.2 Å². The molecule has 0 saturated carbocycles. The van der Waals surface area contributed by atoms with Gasteiger partial charge < -0.3 is 19.7 Å². The largest absolute Gasteiger partial charge is 0.347 e. The smallest absolute Gasteiger partial charge is 0.274 e. The summed E-state index contributed by atoms with van der Waals surface area (Å²) in [6.45, 7) is 4.90. The fourth-order valence-electron chi connectivity index (χ4n) is 3.48. The number of hydrogen-bond donors (Lipinski definition) is 1. The Labute approximate surface area is 158 Å². The summed E-state index contributed by atoms with van der Waals surface area (Å²) in [7, 11) is 0. The van der Waals surface area contributed by atoms with Crippen LogP contribution in [0.2, 0.25) is 0 Å². The van der Waals surface area contributed by atoms with E-state index in [1.165, 1.54) is 5.56 Å². The van der Waals surface area contributed by atoms with Gasteiger partial charge in [-0.05, 0) is 30.2 Å². The van der Waals surface area contributed by atoms with Crippen LogP contribution in [0, 0.1) is 0 Å². The molecule has 0 bridgehead atoms. The number of hydrogen-bond acceptors (Lipinski definition) is 6. The first kappa shape index (κ1) is 17.9. The zero-order valence-corrected chi connectivity index (χ0v) is 15.5. The molecular weight excluding hydrogens is 344 g/mol. The molecule has 1 N–H and O–H groups in total. The number of aromatic nitrogens is 2. The van der Waals surface area contributed by atoms with Crippen LogP contribution in [0.4, 0.5) is 11.6 Å². The van der Waals surface area contributed by atoms with E-state index in [2.05, 4.69) is 27.1 Å². The summed E-state index contributed by atoms with van der Waals surface area (Å²) in [6.07, 6.45) is 4.15. The van der Waals surface area contributed by atoms with Crippen LogP contribution in [0.25, 0.3) is 0 Å². The van der Waals surface area contributed by atoms with Crippen molar-refractivity contribution in [3.63, 3.8) is 0 Å². The van der Waals surface area contributed by atoms with Gasteiger partial charge in [-0.1, -0.05) is 19.1 Å². The Morgan fingerprint density at radius 1 is 1.15 bits per heavy atom. The van der Waals surface area contributed by atoms with Crippen LogP contribution >= 0.6 is 0 Å². The van der Waals surface area contributed by atoms with Gasteiger partial charge >= 0.3 is 0 Å². The van der Waals surface area contributed by atoms with Crippen molar-refractivity contribution in [1.29, 1.82) is 0 Å². The van der Waals surface area contributed by atoms with Crippen LogP contribution < -0.4 is 10.2 Å². The molecule has 1 aromatic carbocycles. The van der Waals surface area contributed by atoms with Gasteiger partial charge in [-0.3, -0.25) is 4.79 Å². The zero-order chi connectivity index (χ0) is 18.7. The Balaban J connectivity index is 1.41. The van der Waals surface area contributed by atoms with Crippen LogP contribution in [0.5, 0.6) is 0 Å². The van der Waals surface area contributed by atoms with Gasteiger partial charge in [-0.25, -0.2) is 9.97 Å². The second-order valence-corrected chi connectivity index (χ2v) is 6.84. The molecule has 2 aliphatic heterocycles. The maximum atomic E-state index is 12.5. The lowest BCUT2D eigenvalue weighted by Crippen LogP contribution is -2.45. The summed E-state index contributed by atoms with van der Waals surface area (Å²) < 4.78 is 11.5. The highest BCUT2D eigenvalue weighted by molar-refractivity contribution is 6.02. The molecule has 1 amide bonds. The average molecular weight is 368 g/mol. The molecule has 1 spiro atoms. The minimum Gasteiger partial charge on any atom is -0.347 e. The standard InChI is InChI=1S/C20H24N4O3/c1-2-15-3-5-16(6-4-15)22-18(25)17-7-10-21-19(23-17)24-11-8-20(9-12-24)26-13-14-27-20/h3-7,10H,2,8-9,11-14H2,1H3,(H,22,25). The van der Waals surface area contributed by atoms with Crippen LogP contribution in [-0.4, -0.2) is 48.0 Å². The van der Waals surface area contributed by atoms with Gasteiger partial charge in [0.25, 0.3) is 5.91 Å². The van der Waals surface area contributed by atoms with Crippen molar-refractivity contribution in [2.45, 2.75) is 32.0 Å². The zero-order valence-electron chi connectivity index (χ0n) is 15.5. The second-order valence-electron chi connectivity index (χ2n) is 6.84. The monoisotopic (exact) mass is 368 g/mol. The van der Waals surface area contributed by atoms with Crippen LogP contribution in [0.15, 0.2) is 36.5 Å². The lowest BCUT2D eigenvalue weighted by molar-refractivity contribution is -0.169. The molecule has 0 radical (unpaired) electrons. The number of aryl methyl sites for hydroxylation is 1. The van der Waals surface area contributed by atoms with Gasteiger partial charge in [-0.15, -0.1) is 0 Å². The fourth-order valence-corrected chi connectivity index (χ4v) is 3.48. The summed E-state index contributed by atoms with van der Waals surface area (Å²) >= 11 is 0. The molecule has 1 aromatic heterocycles. The highest BCUT2D eigenvalue weighted by Crippen LogP contribution is 2.32. The average Bonchev–Trinajstić information content (AvgIpc) is 3.17. The van der Waals surface area contributed by atoms with Crippen molar-refractivity contribution in [1.82, 2.24) is 9.97 Å². The maximum absolute atomic E-state index is 12.5. The van der Waals surface area contributed by atoms with Gasteiger partial charge in [0.1, 0.15) is 5.69 Å². The van der Waals surface area contributed by atoms with Crippen molar-refractivity contribution in [2.24, 2.45) is 0 Å². The Kier molecular flexibility index (Phi) is 5.05. The molecule has 2 aliphatic rings.